The van der Waals surface area contributed by atoms with Gasteiger partial charge in [-0.15, -0.1) is 0 Å². The molecule has 0 aromatic rings. The molecule has 1 saturated carbocycles. The zero-order valence-corrected chi connectivity index (χ0v) is 14.4. The van der Waals surface area contributed by atoms with Crippen LogP contribution in [0.15, 0.2) is 12.2 Å². The van der Waals surface area contributed by atoms with Crippen LogP contribution < -0.4 is 0 Å². The van der Waals surface area contributed by atoms with Crippen LogP contribution in [0.2, 0.25) is 0 Å². The number of hydrogen-bond acceptors (Lipinski definition) is 4. The van der Waals surface area contributed by atoms with E-state index in [0.717, 1.165) is 45.4 Å². The molecule has 0 bridgehead atoms. The minimum Gasteiger partial charge on any atom is -0.374 e. The summed E-state index contributed by atoms with van der Waals surface area (Å²) in [6, 6.07) is 0.214. The lowest BCUT2D eigenvalue weighted by Crippen LogP contribution is -2.54. The number of allylic oxidation sites excluding steroid dienone is 2. The minimum atomic E-state index is 0.0639. The standard InChI is InChI=1S/C18H30N2O3/c1-19(2)9-11-22-16-8-7-15-18(16)23-12-10-20(15)17(21)13-14-5-3-4-6-14/h3,5,14-16,18H,4,6-13H2,1-2H3/t14?,15-,16-,18-/m1/s1. The monoisotopic (exact) mass is 322 g/mol. The van der Waals surface area contributed by atoms with Crippen molar-refractivity contribution in [3.05, 3.63) is 12.2 Å². The number of morpholine rings is 1. The Labute approximate surface area is 139 Å². The zero-order valence-electron chi connectivity index (χ0n) is 14.4. The van der Waals surface area contributed by atoms with Crippen LogP contribution in [0.4, 0.5) is 0 Å². The van der Waals surface area contributed by atoms with Crippen LogP contribution in [0.1, 0.15) is 32.1 Å². The SMILES string of the molecule is CN(C)CCO[C@@H]1CC[C@@H]2[C@H]1OCCN2C(=O)CC1C=CCC1. The maximum Gasteiger partial charge on any atom is 0.223 e. The molecule has 1 amide bonds. The third-order valence-electron chi connectivity index (χ3n) is 5.28. The summed E-state index contributed by atoms with van der Waals surface area (Å²) in [7, 11) is 4.10. The number of amides is 1. The summed E-state index contributed by atoms with van der Waals surface area (Å²) < 4.78 is 12.0. The molecule has 2 fully saturated rings. The van der Waals surface area contributed by atoms with Gasteiger partial charge in [-0.2, -0.15) is 0 Å². The van der Waals surface area contributed by atoms with E-state index in [1.807, 2.05) is 0 Å². The molecule has 5 nitrogen and oxygen atoms in total. The fourth-order valence-electron chi connectivity index (χ4n) is 4.00. The van der Waals surface area contributed by atoms with Crippen molar-refractivity contribution in [3.63, 3.8) is 0 Å². The number of carbonyl (C=O) groups excluding carboxylic acids is 1. The molecule has 1 unspecified atom stereocenters. The van der Waals surface area contributed by atoms with Gasteiger partial charge in [-0.1, -0.05) is 12.2 Å². The number of nitrogens with zero attached hydrogens (tertiary/aromatic N) is 2. The number of hydrogen-bond donors (Lipinski definition) is 0. The first-order chi connectivity index (χ1) is 11.1. The molecule has 3 aliphatic rings. The summed E-state index contributed by atoms with van der Waals surface area (Å²) in [6.07, 6.45) is 9.51. The summed E-state index contributed by atoms with van der Waals surface area (Å²) in [5.41, 5.74) is 0. The number of ether oxygens (including phenoxy) is 2. The van der Waals surface area contributed by atoms with Crippen molar-refractivity contribution >= 4 is 5.91 Å². The second kappa shape index (κ2) is 7.77. The third-order valence-corrected chi connectivity index (χ3v) is 5.28. The maximum atomic E-state index is 12.7. The smallest absolute Gasteiger partial charge is 0.223 e. The fourth-order valence-corrected chi connectivity index (χ4v) is 4.00. The predicted octanol–water partition coefficient (Wildman–Crippen LogP) is 1.68. The van der Waals surface area contributed by atoms with E-state index in [4.69, 9.17) is 9.47 Å². The minimum absolute atomic E-state index is 0.0639. The second-order valence-corrected chi connectivity index (χ2v) is 7.25. The molecule has 3 rings (SSSR count). The molecule has 1 aliphatic heterocycles. The highest BCUT2D eigenvalue weighted by Crippen LogP contribution is 2.33. The summed E-state index contributed by atoms with van der Waals surface area (Å²) in [6.45, 7) is 3.03. The molecule has 0 aromatic heterocycles. The van der Waals surface area contributed by atoms with Gasteiger partial charge < -0.3 is 19.3 Å². The van der Waals surface area contributed by atoms with Gasteiger partial charge in [0.25, 0.3) is 0 Å². The van der Waals surface area contributed by atoms with E-state index in [1.165, 1.54) is 0 Å². The predicted molar refractivity (Wildman–Crippen MR) is 89.3 cm³/mol. The lowest BCUT2D eigenvalue weighted by atomic mass is 10.0. The molecule has 4 atom stereocenters. The van der Waals surface area contributed by atoms with Crippen molar-refractivity contribution in [2.24, 2.45) is 5.92 Å². The van der Waals surface area contributed by atoms with Gasteiger partial charge in [0.15, 0.2) is 0 Å². The van der Waals surface area contributed by atoms with E-state index >= 15 is 0 Å². The maximum absolute atomic E-state index is 12.7. The van der Waals surface area contributed by atoms with Crippen LogP contribution in [-0.4, -0.2) is 74.4 Å². The molecule has 0 aromatic carbocycles. The second-order valence-electron chi connectivity index (χ2n) is 7.25. The van der Waals surface area contributed by atoms with Gasteiger partial charge in [0, 0.05) is 19.5 Å². The highest BCUT2D eigenvalue weighted by molar-refractivity contribution is 5.77. The number of fused-ring (bicyclic) bond motifs is 1. The Morgan fingerprint density at radius 2 is 2.22 bits per heavy atom. The van der Waals surface area contributed by atoms with E-state index in [0.29, 0.717) is 24.9 Å². The van der Waals surface area contributed by atoms with E-state index in [2.05, 4.69) is 36.0 Å². The third kappa shape index (κ3) is 4.14. The van der Waals surface area contributed by atoms with Crippen molar-refractivity contribution in [1.82, 2.24) is 9.80 Å². The van der Waals surface area contributed by atoms with Gasteiger partial charge in [0.05, 0.1) is 25.4 Å². The molecule has 0 N–H and O–H groups in total. The molecule has 130 valence electrons. The van der Waals surface area contributed by atoms with Gasteiger partial charge in [-0.25, -0.2) is 0 Å². The van der Waals surface area contributed by atoms with Gasteiger partial charge >= 0.3 is 0 Å². The van der Waals surface area contributed by atoms with Crippen LogP contribution in [0.5, 0.6) is 0 Å². The number of rotatable bonds is 6. The lowest BCUT2D eigenvalue weighted by Gasteiger charge is -2.39. The topological polar surface area (TPSA) is 42.0 Å². The van der Waals surface area contributed by atoms with Crippen LogP contribution in [0, 0.1) is 5.92 Å². The summed E-state index contributed by atoms with van der Waals surface area (Å²) in [4.78, 5) is 16.9. The summed E-state index contributed by atoms with van der Waals surface area (Å²) in [5, 5.41) is 0. The molecule has 0 radical (unpaired) electrons. The average Bonchev–Trinajstić information content (AvgIpc) is 3.16. The molecule has 0 spiro atoms. The molecule has 5 heteroatoms. The van der Waals surface area contributed by atoms with Crippen molar-refractivity contribution in [1.29, 1.82) is 0 Å². The lowest BCUT2D eigenvalue weighted by molar-refractivity contribution is -0.152. The fraction of sp³-hybridized carbons (Fsp3) is 0.833. The van der Waals surface area contributed by atoms with Gasteiger partial charge in [-0.3, -0.25) is 4.79 Å². The Hall–Kier alpha value is -0.910. The molecule has 2 aliphatic carbocycles. The highest BCUT2D eigenvalue weighted by atomic mass is 16.5. The van der Waals surface area contributed by atoms with E-state index in [9.17, 15) is 4.79 Å². The average molecular weight is 322 g/mol. The van der Waals surface area contributed by atoms with Gasteiger partial charge in [-0.05, 0) is 45.7 Å². The van der Waals surface area contributed by atoms with Crippen LogP contribution in [0.3, 0.4) is 0 Å². The van der Waals surface area contributed by atoms with Crippen LogP contribution >= 0.6 is 0 Å². The summed E-state index contributed by atoms with van der Waals surface area (Å²) >= 11 is 0. The first-order valence-corrected chi connectivity index (χ1v) is 8.99. The Bertz CT molecular complexity index is 438. The molecule has 1 saturated heterocycles. The first kappa shape index (κ1) is 16.9. The molecule has 1 heterocycles. The highest BCUT2D eigenvalue weighted by Gasteiger charge is 2.45. The van der Waals surface area contributed by atoms with Crippen molar-refractivity contribution in [2.75, 3.05) is 40.4 Å². The quantitative estimate of drug-likeness (QED) is 0.698. The van der Waals surface area contributed by atoms with Crippen LogP contribution in [-0.2, 0) is 14.3 Å². The largest absolute Gasteiger partial charge is 0.374 e. The molecular weight excluding hydrogens is 292 g/mol. The number of likely N-dealkylation sites (N-methyl/N-ethyl adjacent to an activating group) is 1. The van der Waals surface area contributed by atoms with E-state index < -0.39 is 0 Å². The van der Waals surface area contributed by atoms with Crippen molar-refractivity contribution < 1.29 is 14.3 Å². The Morgan fingerprint density at radius 1 is 1.35 bits per heavy atom. The van der Waals surface area contributed by atoms with Crippen LogP contribution in [0.25, 0.3) is 0 Å². The Balaban J connectivity index is 1.53. The van der Waals surface area contributed by atoms with E-state index in [1.54, 1.807) is 0 Å². The van der Waals surface area contributed by atoms with Gasteiger partial charge in [0.2, 0.25) is 5.91 Å². The molecule has 23 heavy (non-hydrogen) atoms. The molecular formula is C18H30N2O3. The first-order valence-electron chi connectivity index (χ1n) is 8.99. The van der Waals surface area contributed by atoms with Crippen molar-refractivity contribution in [2.45, 2.75) is 50.4 Å². The van der Waals surface area contributed by atoms with Crippen molar-refractivity contribution in [3.8, 4) is 0 Å². The Kier molecular flexibility index (Phi) is 5.72. The zero-order chi connectivity index (χ0) is 16.2. The van der Waals surface area contributed by atoms with Gasteiger partial charge in [0.1, 0.15) is 6.10 Å². The summed E-state index contributed by atoms with van der Waals surface area (Å²) in [5.74, 6) is 0.742. The normalized spacial score (nSPS) is 33.4. The Morgan fingerprint density at radius 3 is 2.96 bits per heavy atom. The number of carbonyl (C=O) groups is 1. The van der Waals surface area contributed by atoms with E-state index in [-0.39, 0.29) is 18.2 Å².